The molecule has 27 heavy (non-hydrogen) atoms. The largest absolute Gasteiger partial charge is 0.507 e. The van der Waals surface area contributed by atoms with E-state index in [1.807, 2.05) is 6.08 Å². The Hall–Kier alpha value is -2.55. The predicted molar refractivity (Wildman–Crippen MR) is 111 cm³/mol. The van der Waals surface area contributed by atoms with E-state index in [4.69, 9.17) is 4.74 Å². The van der Waals surface area contributed by atoms with Crippen LogP contribution in [0.4, 0.5) is 0 Å². The van der Waals surface area contributed by atoms with E-state index < -0.39 is 0 Å². The molecule has 2 aromatic rings. The Balaban J connectivity index is 1.54. The molecular formula is C24H30O3. The fourth-order valence-corrected chi connectivity index (χ4v) is 3.07. The molecule has 0 bridgehead atoms. The Labute approximate surface area is 162 Å². The first kappa shape index (κ1) is 20.8. The lowest BCUT2D eigenvalue weighted by molar-refractivity contribution is 0.104. The smallest absolute Gasteiger partial charge is 0.189 e. The van der Waals surface area contributed by atoms with E-state index in [1.54, 1.807) is 18.2 Å². The van der Waals surface area contributed by atoms with Crippen LogP contribution in [-0.4, -0.2) is 18.0 Å². The molecule has 0 aliphatic heterocycles. The van der Waals surface area contributed by atoms with Crippen molar-refractivity contribution in [3.63, 3.8) is 0 Å². The summed E-state index contributed by atoms with van der Waals surface area (Å²) in [4.78, 5) is 12.1. The van der Waals surface area contributed by atoms with Gasteiger partial charge in [-0.1, -0.05) is 62.1 Å². The summed E-state index contributed by atoms with van der Waals surface area (Å²) < 4.78 is 5.02. The van der Waals surface area contributed by atoms with Gasteiger partial charge < -0.3 is 9.84 Å². The van der Waals surface area contributed by atoms with Gasteiger partial charge in [-0.05, 0) is 49.5 Å². The quantitative estimate of drug-likeness (QED) is 0.280. The molecule has 0 aliphatic carbocycles. The highest BCUT2D eigenvalue weighted by molar-refractivity contribution is 6.06. The summed E-state index contributed by atoms with van der Waals surface area (Å²) in [7, 11) is 1.53. The summed E-state index contributed by atoms with van der Waals surface area (Å²) in [5.74, 6) is 0.326. The van der Waals surface area contributed by atoms with Crippen LogP contribution >= 0.6 is 0 Å². The van der Waals surface area contributed by atoms with Crippen LogP contribution in [0.3, 0.4) is 0 Å². The maximum atomic E-state index is 12.1. The summed E-state index contributed by atoms with van der Waals surface area (Å²) in [6.07, 6.45) is 12.9. The average molecular weight is 367 g/mol. The number of carbonyl (C=O) groups is 1. The topological polar surface area (TPSA) is 46.5 Å². The van der Waals surface area contributed by atoms with Crippen molar-refractivity contribution >= 4 is 5.78 Å². The molecule has 1 N–H and O–H groups in total. The molecule has 0 unspecified atom stereocenters. The molecule has 0 saturated heterocycles. The van der Waals surface area contributed by atoms with Crippen molar-refractivity contribution in [2.45, 2.75) is 51.4 Å². The number of ketones is 1. The van der Waals surface area contributed by atoms with E-state index in [2.05, 4.69) is 30.3 Å². The molecule has 0 spiro atoms. The first-order valence-electron chi connectivity index (χ1n) is 9.82. The molecule has 0 heterocycles. The van der Waals surface area contributed by atoms with Gasteiger partial charge in [-0.15, -0.1) is 0 Å². The highest BCUT2D eigenvalue weighted by atomic mass is 16.5. The maximum Gasteiger partial charge on any atom is 0.189 e. The van der Waals surface area contributed by atoms with Gasteiger partial charge >= 0.3 is 0 Å². The second-order valence-corrected chi connectivity index (χ2v) is 6.80. The molecule has 0 aromatic heterocycles. The third-order valence-corrected chi connectivity index (χ3v) is 4.67. The predicted octanol–water partition coefficient (Wildman–Crippen LogP) is 6.11. The zero-order valence-electron chi connectivity index (χ0n) is 16.2. The van der Waals surface area contributed by atoms with E-state index in [-0.39, 0.29) is 11.5 Å². The van der Waals surface area contributed by atoms with Gasteiger partial charge in [0.15, 0.2) is 5.78 Å². The van der Waals surface area contributed by atoms with Crippen LogP contribution in [0, 0.1) is 0 Å². The summed E-state index contributed by atoms with van der Waals surface area (Å²) in [6, 6.07) is 15.4. The van der Waals surface area contributed by atoms with Gasteiger partial charge in [-0.2, -0.15) is 0 Å². The number of rotatable bonds is 12. The minimum absolute atomic E-state index is 0.0421. The molecule has 3 heteroatoms. The summed E-state index contributed by atoms with van der Waals surface area (Å²) >= 11 is 0. The first-order valence-corrected chi connectivity index (χ1v) is 9.82. The lowest BCUT2D eigenvalue weighted by Gasteiger charge is -2.04. The highest BCUT2D eigenvalue weighted by Crippen LogP contribution is 2.24. The van der Waals surface area contributed by atoms with Crippen molar-refractivity contribution in [2.24, 2.45) is 0 Å². The number of phenols is 1. The van der Waals surface area contributed by atoms with Gasteiger partial charge in [-0.3, -0.25) is 4.79 Å². The first-order chi connectivity index (χ1) is 13.2. The molecule has 0 saturated carbocycles. The zero-order chi connectivity index (χ0) is 19.3. The molecule has 0 aliphatic rings. The van der Waals surface area contributed by atoms with Crippen LogP contribution in [0.2, 0.25) is 0 Å². The van der Waals surface area contributed by atoms with Gasteiger partial charge in [0.2, 0.25) is 0 Å². The van der Waals surface area contributed by atoms with E-state index >= 15 is 0 Å². The second-order valence-electron chi connectivity index (χ2n) is 6.80. The molecule has 0 fully saturated rings. The lowest BCUT2D eigenvalue weighted by atomic mass is 10.0. The fraction of sp³-hybridized carbons (Fsp3) is 0.375. The average Bonchev–Trinajstić information content (AvgIpc) is 2.69. The Bertz CT molecular complexity index is 720. The number of benzene rings is 2. The molecule has 0 amide bonds. The number of aromatic hydroxyl groups is 1. The molecule has 0 atom stereocenters. The van der Waals surface area contributed by atoms with Crippen LogP contribution in [0.15, 0.2) is 60.7 Å². The standard InChI is InChI=1S/C24H30O3/c1-27-21-17-18-22(24(26)19-21)23(25)16-12-7-5-3-2-4-6-9-13-20-14-10-8-11-15-20/h8,10-12,14-19,26H,2-7,9,13H2,1H3. The summed E-state index contributed by atoms with van der Waals surface area (Å²) in [5.41, 5.74) is 1.74. The normalized spacial score (nSPS) is 11.0. The van der Waals surface area contributed by atoms with Gasteiger partial charge in [0.05, 0.1) is 12.7 Å². The van der Waals surface area contributed by atoms with E-state index in [9.17, 15) is 9.90 Å². The van der Waals surface area contributed by atoms with Crippen LogP contribution in [0.5, 0.6) is 11.5 Å². The van der Waals surface area contributed by atoms with Crippen molar-refractivity contribution in [2.75, 3.05) is 7.11 Å². The number of carbonyl (C=O) groups excluding carboxylic acids is 1. The molecular weight excluding hydrogens is 336 g/mol. The second kappa shape index (κ2) is 11.9. The number of phenolic OH excluding ortho intramolecular Hbond substituents is 1. The van der Waals surface area contributed by atoms with Crippen LogP contribution in [-0.2, 0) is 6.42 Å². The van der Waals surface area contributed by atoms with Crippen LogP contribution in [0.25, 0.3) is 0 Å². The van der Waals surface area contributed by atoms with Gasteiger partial charge in [0.25, 0.3) is 0 Å². The Morgan fingerprint density at radius 3 is 2.37 bits per heavy atom. The molecule has 2 aromatic carbocycles. The number of ether oxygens (including phenoxy) is 1. The van der Waals surface area contributed by atoms with Gasteiger partial charge in [-0.25, -0.2) is 0 Å². The Kier molecular flexibility index (Phi) is 9.19. The van der Waals surface area contributed by atoms with E-state index in [1.165, 1.54) is 57.3 Å². The lowest BCUT2D eigenvalue weighted by Crippen LogP contribution is -1.95. The monoisotopic (exact) mass is 366 g/mol. The number of hydrogen-bond acceptors (Lipinski definition) is 3. The van der Waals surface area contributed by atoms with Crippen LogP contribution < -0.4 is 4.74 Å². The molecule has 144 valence electrons. The van der Waals surface area contributed by atoms with E-state index in [0.29, 0.717) is 11.3 Å². The minimum Gasteiger partial charge on any atom is -0.507 e. The summed E-state index contributed by atoms with van der Waals surface area (Å²) in [5, 5.41) is 9.87. The third-order valence-electron chi connectivity index (χ3n) is 4.67. The number of methoxy groups -OCH3 is 1. The van der Waals surface area contributed by atoms with Gasteiger partial charge in [0.1, 0.15) is 11.5 Å². The third kappa shape index (κ3) is 7.69. The van der Waals surface area contributed by atoms with E-state index in [0.717, 1.165) is 12.8 Å². The maximum absolute atomic E-state index is 12.1. The fourth-order valence-electron chi connectivity index (χ4n) is 3.07. The Morgan fingerprint density at radius 1 is 0.963 bits per heavy atom. The van der Waals surface area contributed by atoms with Crippen molar-refractivity contribution in [1.82, 2.24) is 0 Å². The number of allylic oxidation sites excluding steroid dienone is 2. The zero-order valence-corrected chi connectivity index (χ0v) is 16.2. The van der Waals surface area contributed by atoms with Crippen molar-refractivity contribution in [1.29, 1.82) is 0 Å². The van der Waals surface area contributed by atoms with Crippen molar-refractivity contribution in [3.05, 3.63) is 71.8 Å². The minimum atomic E-state index is -0.170. The summed E-state index contributed by atoms with van der Waals surface area (Å²) in [6.45, 7) is 0. The number of hydrogen-bond donors (Lipinski definition) is 1. The number of unbranched alkanes of at least 4 members (excludes halogenated alkanes) is 6. The SMILES string of the molecule is COc1ccc(C(=O)C=CCCCCCCCCc2ccccc2)c(O)c1. The van der Waals surface area contributed by atoms with Gasteiger partial charge in [0, 0.05) is 6.07 Å². The number of aryl methyl sites for hydroxylation is 1. The molecule has 2 rings (SSSR count). The Morgan fingerprint density at radius 2 is 1.67 bits per heavy atom. The molecule has 3 nitrogen and oxygen atoms in total. The van der Waals surface area contributed by atoms with Crippen molar-refractivity contribution in [3.8, 4) is 11.5 Å². The van der Waals surface area contributed by atoms with Crippen molar-refractivity contribution < 1.29 is 14.6 Å². The highest BCUT2D eigenvalue weighted by Gasteiger charge is 2.08. The molecule has 0 radical (unpaired) electrons. The van der Waals surface area contributed by atoms with Crippen LogP contribution in [0.1, 0.15) is 60.9 Å².